The minimum absolute atomic E-state index is 0.0326. The second-order valence-corrected chi connectivity index (χ2v) is 12.3. The lowest BCUT2D eigenvalue weighted by Gasteiger charge is -2.24. The molecule has 0 unspecified atom stereocenters. The lowest BCUT2D eigenvalue weighted by atomic mass is 9.97. The Morgan fingerprint density at radius 1 is 1.09 bits per heavy atom. The molecule has 3 N–H and O–H groups in total. The van der Waals surface area contributed by atoms with Gasteiger partial charge >= 0.3 is 10.2 Å². The van der Waals surface area contributed by atoms with E-state index in [-0.39, 0.29) is 28.6 Å². The number of fused-ring (bicyclic) bond motifs is 1. The van der Waals surface area contributed by atoms with Crippen LogP contribution in [-0.4, -0.2) is 39.5 Å². The normalized spacial score (nSPS) is 15.0. The summed E-state index contributed by atoms with van der Waals surface area (Å²) in [6.45, 7) is 1.80. The van der Waals surface area contributed by atoms with Crippen LogP contribution in [-0.2, 0) is 23.1 Å². The highest BCUT2D eigenvalue weighted by molar-refractivity contribution is 7.90. The number of carbonyl (C=O) groups is 1. The van der Waals surface area contributed by atoms with E-state index in [0.717, 1.165) is 35.8 Å². The van der Waals surface area contributed by atoms with Gasteiger partial charge in [-0.25, -0.2) is 9.50 Å². The van der Waals surface area contributed by atoms with Crippen LogP contribution in [0.15, 0.2) is 65.7 Å². The number of benzene rings is 2. The molecule has 3 heterocycles. The molecule has 3 aromatic heterocycles. The molecule has 11 nitrogen and oxygen atoms in total. The number of anilines is 1. The molecule has 2 aromatic carbocycles. The summed E-state index contributed by atoms with van der Waals surface area (Å²) in [5.41, 5.74) is 3.64. The Kier molecular flexibility index (Phi) is 6.30. The van der Waals surface area contributed by atoms with Gasteiger partial charge in [0, 0.05) is 29.7 Å². The second kappa shape index (κ2) is 10.1. The molecule has 1 fully saturated rings. The van der Waals surface area contributed by atoms with E-state index in [4.69, 9.17) is 6.42 Å². The summed E-state index contributed by atoms with van der Waals surface area (Å²) in [5.74, 6) is 1.92. The molecule has 1 saturated carbocycles. The zero-order valence-electron chi connectivity index (χ0n) is 23.2. The first-order valence-corrected chi connectivity index (χ1v) is 15.4. The number of pyridine rings is 1. The van der Waals surface area contributed by atoms with E-state index in [0.29, 0.717) is 28.8 Å². The number of amides is 1. The van der Waals surface area contributed by atoms with E-state index in [1.165, 1.54) is 10.7 Å². The molecule has 1 atom stereocenters. The van der Waals surface area contributed by atoms with Crippen LogP contribution in [0.25, 0.3) is 22.1 Å². The standard InChI is InChI=1S/C31H27N7O4S/c1-3-19-10-11-20-12-15-23-24(20)25(19)31(40)38(22-8-5-4-6-9-22)27(23)18(2)33-30(39)26-28(34-37-17-7-16-32-29(26)37)36-43(41,42)35-21-13-14-21/h1,4-11,16-18,21,35H,12-15H2,2H3,(H,33,39)(H,34,36)/t18-/m0/s1. The van der Waals surface area contributed by atoms with Gasteiger partial charge in [-0.15, -0.1) is 11.5 Å². The zero-order valence-corrected chi connectivity index (χ0v) is 24.0. The Bertz CT molecular complexity index is 2160. The van der Waals surface area contributed by atoms with E-state index in [9.17, 15) is 18.0 Å². The van der Waals surface area contributed by atoms with Crippen molar-refractivity contribution >= 4 is 38.4 Å². The maximum Gasteiger partial charge on any atom is 0.300 e. The third-order valence-electron chi connectivity index (χ3n) is 7.89. The molecule has 43 heavy (non-hydrogen) atoms. The molecule has 0 bridgehead atoms. The maximum atomic E-state index is 14.2. The number of para-hydroxylation sites is 1. The number of hydrogen-bond acceptors (Lipinski definition) is 6. The highest BCUT2D eigenvalue weighted by atomic mass is 32.2. The molecule has 1 amide bonds. The minimum atomic E-state index is -3.98. The number of rotatable bonds is 8. The van der Waals surface area contributed by atoms with Gasteiger partial charge in [0.05, 0.1) is 17.1 Å². The Balaban J connectivity index is 1.35. The third kappa shape index (κ3) is 4.63. The molecule has 0 spiro atoms. The quantitative estimate of drug-likeness (QED) is 0.237. The molecule has 0 radical (unpaired) electrons. The molecule has 12 heteroatoms. The number of carbonyl (C=O) groups excluding carboxylic acids is 1. The van der Waals surface area contributed by atoms with Crippen LogP contribution >= 0.6 is 0 Å². The van der Waals surface area contributed by atoms with E-state index in [1.807, 2.05) is 42.5 Å². The van der Waals surface area contributed by atoms with Gasteiger partial charge in [0.25, 0.3) is 11.5 Å². The van der Waals surface area contributed by atoms with Gasteiger partial charge in [-0.3, -0.25) is 18.9 Å². The van der Waals surface area contributed by atoms with Gasteiger partial charge < -0.3 is 5.32 Å². The fourth-order valence-corrected chi connectivity index (χ4v) is 7.04. The second-order valence-electron chi connectivity index (χ2n) is 10.8. The zero-order chi connectivity index (χ0) is 29.9. The minimum Gasteiger partial charge on any atom is -0.344 e. The molecule has 0 aliphatic heterocycles. The van der Waals surface area contributed by atoms with Gasteiger partial charge in [0.1, 0.15) is 5.56 Å². The lowest BCUT2D eigenvalue weighted by Crippen LogP contribution is -2.35. The van der Waals surface area contributed by atoms with Crippen molar-refractivity contribution in [3.05, 3.63) is 99.2 Å². The van der Waals surface area contributed by atoms with Crippen molar-refractivity contribution in [1.82, 2.24) is 29.2 Å². The topological polar surface area (TPSA) is 139 Å². The molecule has 0 saturated heterocycles. The smallest absolute Gasteiger partial charge is 0.300 e. The van der Waals surface area contributed by atoms with Crippen molar-refractivity contribution in [2.45, 2.75) is 44.7 Å². The van der Waals surface area contributed by atoms with Crippen LogP contribution in [0.5, 0.6) is 0 Å². The number of hydrogen-bond donors (Lipinski definition) is 3. The summed E-state index contributed by atoms with van der Waals surface area (Å²) in [6.07, 6.45) is 11.8. The molecular weight excluding hydrogens is 566 g/mol. The summed E-state index contributed by atoms with van der Waals surface area (Å²) >= 11 is 0. The average molecular weight is 594 g/mol. The van der Waals surface area contributed by atoms with Crippen LogP contribution < -0.4 is 20.3 Å². The first-order valence-electron chi connectivity index (χ1n) is 14.0. The lowest BCUT2D eigenvalue weighted by molar-refractivity contribution is 0.0941. The van der Waals surface area contributed by atoms with Crippen LogP contribution in [0.3, 0.4) is 0 Å². The highest BCUT2D eigenvalue weighted by Crippen LogP contribution is 2.36. The average Bonchev–Trinajstić information content (AvgIpc) is 3.57. The third-order valence-corrected chi connectivity index (χ3v) is 8.99. The number of aromatic nitrogens is 4. The van der Waals surface area contributed by atoms with Crippen LogP contribution in [0.2, 0.25) is 0 Å². The summed E-state index contributed by atoms with van der Waals surface area (Å²) in [5, 5.41) is 8.63. The first-order chi connectivity index (χ1) is 20.8. The number of nitrogens with zero attached hydrogens (tertiary/aromatic N) is 4. The molecule has 216 valence electrons. The highest BCUT2D eigenvalue weighted by Gasteiger charge is 2.32. The fraction of sp³-hybridized carbons (Fsp3) is 0.226. The Morgan fingerprint density at radius 3 is 2.63 bits per heavy atom. The van der Waals surface area contributed by atoms with E-state index in [1.54, 1.807) is 23.8 Å². The van der Waals surface area contributed by atoms with Gasteiger partial charge in [-0.1, -0.05) is 30.2 Å². The van der Waals surface area contributed by atoms with Crippen LogP contribution in [0.1, 0.15) is 58.5 Å². The number of aryl methyl sites for hydroxylation is 2. The predicted molar refractivity (Wildman–Crippen MR) is 162 cm³/mol. The van der Waals surface area contributed by atoms with Crippen molar-refractivity contribution in [2.75, 3.05) is 4.72 Å². The largest absolute Gasteiger partial charge is 0.344 e. The molecule has 2 aliphatic rings. The van der Waals surface area contributed by atoms with Crippen molar-refractivity contribution in [3.63, 3.8) is 0 Å². The predicted octanol–water partition coefficient (Wildman–Crippen LogP) is 3.01. The monoisotopic (exact) mass is 593 g/mol. The summed E-state index contributed by atoms with van der Waals surface area (Å²) in [4.78, 5) is 32.5. The SMILES string of the molecule is C#Cc1ccc2c3c(c([C@H](C)NC(=O)c4c(NS(=O)(=O)NC5CC5)nn5cccnc45)n(-c4ccccc4)c(=O)c13)CC2. The summed E-state index contributed by atoms with van der Waals surface area (Å²) in [7, 11) is -3.98. The molecule has 5 aromatic rings. The van der Waals surface area contributed by atoms with Crippen molar-refractivity contribution in [2.24, 2.45) is 0 Å². The van der Waals surface area contributed by atoms with Crippen molar-refractivity contribution in [3.8, 4) is 18.0 Å². The van der Waals surface area contributed by atoms with Gasteiger partial charge in [0.15, 0.2) is 11.5 Å². The van der Waals surface area contributed by atoms with Crippen LogP contribution in [0.4, 0.5) is 5.82 Å². The Morgan fingerprint density at radius 2 is 1.88 bits per heavy atom. The van der Waals surface area contributed by atoms with E-state index < -0.39 is 22.2 Å². The number of terminal acetylenes is 1. The summed E-state index contributed by atoms with van der Waals surface area (Å²) < 4.78 is 33.5. The molecule has 2 aliphatic carbocycles. The van der Waals surface area contributed by atoms with Crippen molar-refractivity contribution in [1.29, 1.82) is 0 Å². The maximum absolute atomic E-state index is 14.2. The van der Waals surface area contributed by atoms with E-state index >= 15 is 0 Å². The Labute approximate surface area is 247 Å². The van der Waals surface area contributed by atoms with Crippen LogP contribution in [0, 0.1) is 12.3 Å². The summed E-state index contributed by atoms with van der Waals surface area (Å²) in [6, 6.07) is 13.8. The van der Waals surface area contributed by atoms with Gasteiger partial charge in [-0.05, 0) is 73.4 Å². The van der Waals surface area contributed by atoms with Crippen molar-refractivity contribution < 1.29 is 13.2 Å². The Hall–Kier alpha value is -4.99. The number of nitrogens with one attached hydrogen (secondary N) is 3. The molecular formula is C31H27N7O4S. The first kappa shape index (κ1) is 26.9. The van der Waals surface area contributed by atoms with Gasteiger partial charge in [-0.2, -0.15) is 13.1 Å². The van der Waals surface area contributed by atoms with Gasteiger partial charge in [0.2, 0.25) is 0 Å². The van der Waals surface area contributed by atoms with E-state index in [2.05, 4.69) is 30.8 Å². The molecule has 7 rings (SSSR count). The fourth-order valence-electron chi connectivity index (χ4n) is 5.91.